The van der Waals surface area contributed by atoms with Crippen molar-refractivity contribution in [1.82, 2.24) is 4.57 Å². The average molecular weight is 233 g/mol. The number of pyridine rings is 1. The van der Waals surface area contributed by atoms with Crippen molar-refractivity contribution >= 4 is 10.9 Å². The fourth-order valence-electron chi connectivity index (χ4n) is 2.32. The maximum atomic E-state index is 11.9. The smallest absolute Gasteiger partial charge is 0.187 e. The molecule has 0 fully saturated rings. The first-order valence-electron chi connectivity index (χ1n) is 5.76. The zero-order valence-electron chi connectivity index (χ0n) is 9.76. The van der Waals surface area contributed by atoms with E-state index in [1.54, 1.807) is 12.1 Å². The summed E-state index contributed by atoms with van der Waals surface area (Å²) >= 11 is 0. The second kappa shape index (κ2) is 4.05. The normalized spacial score (nSPS) is 10.6. The van der Waals surface area contributed by atoms with Crippen molar-refractivity contribution in [1.29, 1.82) is 0 Å². The van der Waals surface area contributed by atoms with Crippen molar-refractivity contribution in [3.05, 3.63) is 58.8 Å². The fraction of sp³-hybridized carbons (Fsp3) is 0.0625. The highest BCUT2D eigenvalue weighted by atomic mass is 16.1. The van der Waals surface area contributed by atoms with Gasteiger partial charge in [0, 0.05) is 11.1 Å². The quantitative estimate of drug-likeness (QED) is 0.468. The van der Waals surface area contributed by atoms with Crippen LogP contribution < -0.4 is 5.43 Å². The molecule has 1 aromatic carbocycles. The van der Waals surface area contributed by atoms with Crippen LogP contribution in [0.3, 0.4) is 0 Å². The van der Waals surface area contributed by atoms with Gasteiger partial charge in [-0.2, -0.15) is 0 Å². The molecule has 0 saturated heterocycles. The van der Waals surface area contributed by atoms with Crippen molar-refractivity contribution in [2.45, 2.75) is 6.54 Å². The molecule has 0 N–H and O–H groups in total. The van der Waals surface area contributed by atoms with Gasteiger partial charge >= 0.3 is 0 Å². The average Bonchev–Trinajstić information content (AvgIpc) is 2.40. The molecule has 2 heteroatoms. The number of hydrogen-bond donors (Lipinski definition) is 0. The highest BCUT2D eigenvalue weighted by molar-refractivity contribution is 5.86. The first kappa shape index (κ1) is 10.6. The van der Waals surface area contributed by atoms with E-state index < -0.39 is 0 Å². The second-order valence-electron chi connectivity index (χ2n) is 4.18. The van der Waals surface area contributed by atoms with E-state index in [9.17, 15) is 4.79 Å². The molecular formula is C16H11NO. The molecule has 1 aromatic rings. The van der Waals surface area contributed by atoms with Crippen LogP contribution in [0.1, 0.15) is 0 Å². The summed E-state index contributed by atoms with van der Waals surface area (Å²) in [6.45, 7) is 0.460. The molecule has 18 heavy (non-hydrogen) atoms. The number of terminal acetylenes is 1. The monoisotopic (exact) mass is 233 g/mol. The van der Waals surface area contributed by atoms with Gasteiger partial charge in [-0.15, -0.1) is 6.42 Å². The van der Waals surface area contributed by atoms with E-state index in [2.05, 4.69) is 5.92 Å². The standard InChI is InChI=1S/C16H11NO/c1-2-10-17-14-7-4-3-6-12(14)11-13-15(17)8-5-9-16(13)18/h1,3-9,11H,10H2. The summed E-state index contributed by atoms with van der Waals surface area (Å²) in [5, 5.41) is 1.03. The van der Waals surface area contributed by atoms with Crippen molar-refractivity contribution < 1.29 is 0 Å². The third kappa shape index (κ3) is 1.49. The van der Waals surface area contributed by atoms with Gasteiger partial charge in [-0.3, -0.25) is 4.79 Å². The Kier molecular flexibility index (Phi) is 2.39. The van der Waals surface area contributed by atoms with Crippen molar-refractivity contribution in [2.75, 3.05) is 0 Å². The largest absolute Gasteiger partial charge is 0.329 e. The van der Waals surface area contributed by atoms with Crippen LogP contribution in [0, 0.1) is 12.3 Å². The molecule has 2 aliphatic rings. The molecule has 3 rings (SSSR count). The molecule has 86 valence electrons. The van der Waals surface area contributed by atoms with Crippen molar-refractivity contribution in [2.24, 2.45) is 0 Å². The van der Waals surface area contributed by atoms with E-state index in [0.29, 0.717) is 12.1 Å². The molecule has 0 unspecified atom stereocenters. The molecule has 0 radical (unpaired) electrons. The Morgan fingerprint density at radius 1 is 1.11 bits per heavy atom. The molecule has 0 atom stereocenters. The lowest BCUT2D eigenvalue weighted by molar-refractivity contribution is 0.882. The highest BCUT2D eigenvalue weighted by Crippen LogP contribution is 2.25. The Labute approximate surface area is 105 Å². The van der Waals surface area contributed by atoms with Gasteiger partial charge in [-0.05, 0) is 29.7 Å². The molecule has 0 saturated carbocycles. The van der Waals surface area contributed by atoms with Crippen molar-refractivity contribution in [3.63, 3.8) is 0 Å². The third-order valence-corrected chi connectivity index (χ3v) is 3.11. The first-order chi connectivity index (χ1) is 8.81. The summed E-state index contributed by atoms with van der Waals surface area (Å²) < 4.78 is 2.01. The van der Waals surface area contributed by atoms with Crippen LogP contribution in [-0.4, -0.2) is 4.57 Å². The third-order valence-electron chi connectivity index (χ3n) is 3.11. The van der Waals surface area contributed by atoms with E-state index in [-0.39, 0.29) is 5.43 Å². The Bertz CT molecular complexity index is 792. The number of rotatable bonds is 1. The lowest BCUT2D eigenvalue weighted by atomic mass is 10.0. The minimum absolute atomic E-state index is 0.0315. The molecule has 1 heterocycles. The maximum Gasteiger partial charge on any atom is 0.187 e. The number of hydrogen-bond acceptors (Lipinski definition) is 1. The second-order valence-corrected chi connectivity index (χ2v) is 4.18. The molecule has 2 nitrogen and oxygen atoms in total. The van der Waals surface area contributed by atoms with Crippen LogP contribution in [0.5, 0.6) is 0 Å². The van der Waals surface area contributed by atoms with E-state index in [4.69, 9.17) is 6.42 Å². The number of nitrogens with zero attached hydrogens (tertiary/aromatic N) is 1. The highest BCUT2D eigenvalue weighted by Gasteiger charge is 2.11. The van der Waals surface area contributed by atoms with Gasteiger partial charge in [0.25, 0.3) is 0 Å². The van der Waals surface area contributed by atoms with E-state index in [0.717, 1.165) is 16.6 Å². The summed E-state index contributed by atoms with van der Waals surface area (Å²) in [5.41, 5.74) is 2.68. The number of fused-ring (bicyclic) bond motifs is 2. The zero-order chi connectivity index (χ0) is 12.5. The molecule has 0 spiro atoms. The Hall–Kier alpha value is -2.53. The van der Waals surface area contributed by atoms with E-state index in [1.165, 1.54) is 0 Å². The van der Waals surface area contributed by atoms with E-state index in [1.807, 2.05) is 41.0 Å². The van der Waals surface area contributed by atoms with Gasteiger partial charge in [-0.25, -0.2) is 0 Å². The topological polar surface area (TPSA) is 22.0 Å². The van der Waals surface area contributed by atoms with Gasteiger partial charge < -0.3 is 4.57 Å². The van der Waals surface area contributed by atoms with Gasteiger partial charge in [0.05, 0.1) is 12.2 Å². The van der Waals surface area contributed by atoms with Crippen LogP contribution in [0.4, 0.5) is 0 Å². The van der Waals surface area contributed by atoms with Crippen molar-refractivity contribution in [3.8, 4) is 23.6 Å². The van der Waals surface area contributed by atoms with Gasteiger partial charge in [0.1, 0.15) is 0 Å². The first-order valence-corrected chi connectivity index (χ1v) is 5.76. The predicted octanol–water partition coefficient (Wildman–Crippen LogP) is 2.74. The summed E-state index contributed by atoms with van der Waals surface area (Å²) in [6, 6.07) is 15.2. The summed E-state index contributed by atoms with van der Waals surface area (Å²) in [4.78, 5) is 11.9. The molecule has 1 aliphatic heterocycles. The number of benzene rings is 2. The Balaban J connectivity index is 2.54. The van der Waals surface area contributed by atoms with Crippen LogP contribution in [0.15, 0.2) is 53.3 Å². The molecule has 0 bridgehead atoms. The maximum absolute atomic E-state index is 11.9. The zero-order valence-corrected chi connectivity index (χ0v) is 9.76. The fourth-order valence-corrected chi connectivity index (χ4v) is 2.32. The minimum Gasteiger partial charge on any atom is -0.329 e. The molecule has 0 amide bonds. The molecule has 1 aliphatic carbocycles. The summed E-state index contributed by atoms with van der Waals surface area (Å²) in [7, 11) is 0. The molecular weight excluding hydrogens is 222 g/mol. The summed E-state index contributed by atoms with van der Waals surface area (Å²) in [6.07, 6.45) is 5.43. The number of para-hydroxylation sites is 1. The van der Waals surface area contributed by atoms with Gasteiger partial charge in [-0.1, -0.05) is 30.2 Å². The number of aromatic nitrogens is 1. The lowest BCUT2D eigenvalue weighted by Crippen LogP contribution is -2.11. The summed E-state index contributed by atoms with van der Waals surface area (Å²) in [5.74, 6) is 2.65. The SMILES string of the molecule is C#CCn1c2cccc(=O)c-2cc2ccccc21. The Morgan fingerprint density at radius 2 is 1.94 bits per heavy atom. The van der Waals surface area contributed by atoms with Gasteiger partial charge in [0.15, 0.2) is 5.43 Å². The minimum atomic E-state index is 0.0315. The van der Waals surface area contributed by atoms with Gasteiger partial charge in [0.2, 0.25) is 0 Å². The van der Waals surface area contributed by atoms with E-state index >= 15 is 0 Å². The van der Waals surface area contributed by atoms with Crippen LogP contribution >= 0.6 is 0 Å². The lowest BCUT2D eigenvalue weighted by Gasteiger charge is -2.16. The Morgan fingerprint density at radius 3 is 2.78 bits per heavy atom. The predicted molar refractivity (Wildman–Crippen MR) is 73.7 cm³/mol. The molecule has 0 aromatic heterocycles. The van der Waals surface area contributed by atoms with Crippen LogP contribution in [0.25, 0.3) is 22.2 Å². The van der Waals surface area contributed by atoms with Crippen LogP contribution in [0.2, 0.25) is 0 Å². The van der Waals surface area contributed by atoms with Crippen LogP contribution in [-0.2, 0) is 6.54 Å².